The molecule has 2 atom stereocenters. The Kier molecular flexibility index (Phi) is 6.50. The van der Waals surface area contributed by atoms with Gasteiger partial charge in [0.25, 0.3) is 0 Å². The van der Waals surface area contributed by atoms with Gasteiger partial charge in [0.15, 0.2) is 5.11 Å². The zero-order chi connectivity index (χ0) is 19.3. The first-order valence-electron chi connectivity index (χ1n) is 10.3. The number of nitrogens with zero attached hydrogens (tertiary/aromatic N) is 1. The number of thiophene rings is 1. The molecule has 1 aromatic heterocycles. The van der Waals surface area contributed by atoms with E-state index in [2.05, 4.69) is 33.0 Å². The second-order valence-corrected chi connectivity index (χ2v) is 9.13. The largest absolute Gasteiger partial charge is 0.492 e. The van der Waals surface area contributed by atoms with E-state index in [-0.39, 0.29) is 0 Å². The van der Waals surface area contributed by atoms with Crippen molar-refractivity contribution in [2.45, 2.75) is 63.7 Å². The van der Waals surface area contributed by atoms with E-state index in [0.29, 0.717) is 29.8 Å². The van der Waals surface area contributed by atoms with Gasteiger partial charge in [-0.05, 0) is 68.4 Å². The summed E-state index contributed by atoms with van der Waals surface area (Å²) in [6.45, 7) is 3.74. The summed E-state index contributed by atoms with van der Waals surface area (Å²) in [6, 6.07) is 14.1. The van der Waals surface area contributed by atoms with Crippen molar-refractivity contribution in [1.82, 2.24) is 10.2 Å². The molecular weight excluding hydrogens is 386 g/mol. The van der Waals surface area contributed by atoms with Crippen LogP contribution in [0.4, 0.5) is 5.69 Å². The normalized spacial score (nSPS) is 24.5. The summed E-state index contributed by atoms with van der Waals surface area (Å²) in [4.78, 5) is 4.22. The van der Waals surface area contributed by atoms with Gasteiger partial charge in [0.2, 0.25) is 0 Å². The Hall–Kier alpha value is -1.63. The smallest absolute Gasteiger partial charge is 0.171 e. The third kappa shape index (κ3) is 4.67. The Morgan fingerprint density at radius 3 is 2.68 bits per heavy atom. The van der Waals surface area contributed by atoms with Gasteiger partial charge in [0.05, 0.1) is 12.3 Å². The molecule has 1 aromatic carbocycles. The Morgan fingerprint density at radius 2 is 1.96 bits per heavy atom. The maximum atomic E-state index is 5.70. The molecule has 0 radical (unpaired) electrons. The molecule has 6 heteroatoms. The van der Waals surface area contributed by atoms with Crippen LogP contribution in [0.5, 0.6) is 5.75 Å². The van der Waals surface area contributed by atoms with Crippen LogP contribution in [0.25, 0.3) is 0 Å². The summed E-state index contributed by atoms with van der Waals surface area (Å²) in [5.41, 5.74) is 0.928. The number of benzene rings is 1. The van der Waals surface area contributed by atoms with Crippen molar-refractivity contribution in [2.75, 3.05) is 11.9 Å². The zero-order valence-corrected chi connectivity index (χ0v) is 18.0. The number of ether oxygens (including phenoxy) is 1. The summed E-state index contributed by atoms with van der Waals surface area (Å²) >= 11 is 7.50. The molecule has 2 aliphatic rings. The highest BCUT2D eigenvalue weighted by Gasteiger charge is 2.38. The number of fused-ring (bicyclic) bond motifs is 2. The second kappa shape index (κ2) is 9.25. The number of para-hydroxylation sites is 2. The van der Waals surface area contributed by atoms with E-state index < -0.39 is 0 Å². The van der Waals surface area contributed by atoms with Crippen molar-refractivity contribution in [3.05, 3.63) is 46.7 Å². The lowest BCUT2D eigenvalue weighted by Crippen LogP contribution is -2.56. The van der Waals surface area contributed by atoms with E-state index in [1.54, 1.807) is 0 Å². The van der Waals surface area contributed by atoms with Crippen molar-refractivity contribution in [3.8, 4) is 5.75 Å². The predicted molar refractivity (Wildman–Crippen MR) is 121 cm³/mol. The minimum atomic E-state index is 0.439. The average Bonchev–Trinajstić information content (AvgIpc) is 3.17. The van der Waals surface area contributed by atoms with Gasteiger partial charge in [0.1, 0.15) is 5.75 Å². The first kappa shape index (κ1) is 19.7. The third-order valence-electron chi connectivity index (χ3n) is 5.81. The van der Waals surface area contributed by atoms with E-state index in [9.17, 15) is 0 Å². The van der Waals surface area contributed by atoms with Crippen molar-refractivity contribution in [3.63, 3.8) is 0 Å². The lowest BCUT2D eigenvalue weighted by molar-refractivity contribution is 0.0220. The SMILES string of the molecule is CCOc1ccccc1NC(=S)NC1C[C@@H]2CCC[C@@H](C1)N2Cc1cccs1. The van der Waals surface area contributed by atoms with Crippen molar-refractivity contribution < 1.29 is 4.74 Å². The fraction of sp³-hybridized carbons (Fsp3) is 0.500. The zero-order valence-electron chi connectivity index (χ0n) is 16.4. The molecule has 0 aliphatic carbocycles. The number of hydrogen-bond acceptors (Lipinski definition) is 4. The van der Waals surface area contributed by atoms with E-state index in [0.717, 1.165) is 30.8 Å². The molecule has 2 fully saturated rings. The number of anilines is 1. The average molecular weight is 416 g/mol. The highest BCUT2D eigenvalue weighted by Crippen LogP contribution is 2.36. The van der Waals surface area contributed by atoms with Gasteiger partial charge in [-0.1, -0.05) is 24.6 Å². The van der Waals surface area contributed by atoms with Gasteiger partial charge in [-0.25, -0.2) is 0 Å². The number of rotatable bonds is 6. The standard InChI is InChI=1S/C22H29N3OS2/c1-2-26-21-11-4-3-10-20(21)24-22(27)23-16-13-17-7-5-8-18(14-16)25(17)15-19-9-6-12-28-19/h3-4,6,9-12,16-18H,2,5,7-8,13-15H2,1H3,(H2,23,24,27)/t17-,18-/m0/s1. The molecule has 3 heterocycles. The Bertz CT molecular complexity index is 766. The molecule has 2 aliphatic heterocycles. The van der Waals surface area contributed by atoms with Crippen LogP contribution < -0.4 is 15.4 Å². The molecule has 0 spiro atoms. The van der Waals surface area contributed by atoms with Crippen LogP contribution in [0.15, 0.2) is 41.8 Å². The molecule has 2 saturated heterocycles. The van der Waals surface area contributed by atoms with Crippen molar-refractivity contribution in [2.24, 2.45) is 0 Å². The molecule has 2 aromatic rings. The molecule has 4 nitrogen and oxygen atoms in total. The van der Waals surface area contributed by atoms with Crippen molar-refractivity contribution in [1.29, 1.82) is 0 Å². The molecule has 0 amide bonds. The molecular formula is C22H29N3OS2. The number of thiocarbonyl (C=S) groups is 1. The highest BCUT2D eigenvalue weighted by atomic mass is 32.1. The van der Waals surface area contributed by atoms with Crippen LogP contribution in [0.3, 0.4) is 0 Å². The molecule has 2 N–H and O–H groups in total. The highest BCUT2D eigenvalue weighted by molar-refractivity contribution is 7.80. The second-order valence-electron chi connectivity index (χ2n) is 7.69. The van der Waals surface area contributed by atoms with E-state index in [4.69, 9.17) is 17.0 Å². The van der Waals surface area contributed by atoms with Crippen LogP contribution in [0, 0.1) is 0 Å². The van der Waals surface area contributed by atoms with Crippen molar-refractivity contribution >= 4 is 34.4 Å². The van der Waals surface area contributed by atoms with Gasteiger partial charge in [-0.3, -0.25) is 4.90 Å². The van der Waals surface area contributed by atoms with Crippen LogP contribution in [-0.2, 0) is 6.54 Å². The predicted octanol–water partition coefficient (Wildman–Crippen LogP) is 5.02. The Labute approximate surface area is 177 Å². The topological polar surface area (TPSA) is 36.5 Å². The molecule has 0 unspecified atom stereocenters. The quantitative estimate of drug-likeness (QED) is 0.648. The van der Waals surface area contributed by atoms with E-state index >= 15 is 0 Å². The third-order valence-corrected chi connectivity index (χ3v) is 6.90. The summed E-state index contributed by atoms with van der Waals surface area (Å²) in [5, 5.41) is 9.81. The Morgan fingerprint density at radius 1 is 1.18 bits per heavy atom. The van der Waals surface area contributed by atoms with Crippen LogP contribution in [-0.4, -0.2) is 34.7 Å². The molecule has 2 bridgehead atoms. The summed E-state index contributed by atoms with van der Waals surface area (Å²) in [5.74, 6) is 0.844. The van der Waals surface area contributed by atoms with E-state index in [1.165, 1.54) is 24.1 Å². The van der Waals surface area contributed by atoms with Gasteiger partial charge in [0, 0.05) is 29.5 Å². The summed E-state index contributed by atoms with van der Waals surface area (Å²) in [6.07, 6.45) is 6.28. The minimum absolute atomic E-state index is 0.439. The number of hydrogen-bond donors (Lipinski definition) is 2. The van der Waals surface area contributed by atoms with Gasteiger partial charge in [-0.15, -0.1) is 11.3 Å². The van der Waals surface area contributed by atoms with Crippen LogP contribution in [0.1, 0.15) is 43.9 Å². The van der Waals surface area contributed by atoms with Crippen LogP contribution >= 0.6 is 23.6 Å². The lowest BCUT2D eigenvalue weighted by atomic mass is 9.81. The van der Waals surface area contributed by atoms with Gasteiger partial charge in [-0.2, -0.15) is 0 Å². The maximum absolute atomic E-state index is 5.70. The van der Waals surface area contributed by atoms with E-state index in [1.807, 2.05) is 42.5 Å². The molecule has 0 saturated carbocycles. The number of piperidine rings is 2. The number of nitrogens with one attached hydrogen (secondary N) is 2. The fourth-order valence-electron chi connectivity index (χ4n) is 4.63. The molecule has 150 valence electrons. The minimum Gasteiger partial charge on any atom is -0.492 e. The van der Waals surface area contributed by atoms with Gasteiger partial charge >= 0.3 is 0 Å². The first-order valence-corrected chi connectivity index (χ1v) is 11.6. The lowest BCUT2D eigenvalue weighted by Gasteiger charge is -2.49. The summed E-state index contributed by atoms with van der Waals surface area (Å²) in [7, 11) is 0. The monoisotopic (exact) mass is 415 g/mol. The van der Waals surface area contributed by atoms with Crippen LogP contribution in [0.2, 0.25) is 0 Å². The molecule has 28 heavy (non-hydrogen) atoms. The molecule has 4 rings (SSSR count). The first-order chi connectivity index (χ1) is 13.7. The maximum Gasteiger partial charge on any atom is 0.171 e. The fourth-order valence-corrected chi connectivity index (χ4v) is 5.62. The summed E-state index contributed by atoms with van der Waals surface area (Å²) < 4.78 is 5.70. The van der Waals surface area contributed by atoms with Gasteiger partial charge < -0.3 is 15.4 Å². The Balaban J connectivity index is 1.35.